The van der Waals surface area contributed by atoms with E-state index in [-0.39, 0.29) is 23.3 Å². The van der Waals surface area contributed by atoms with E-state index in [1.54, 1.807) is 18.2 Å². The van der Waals surface area contributed by atoms with Crippen LogP contribution in [0.3, 0.4) is 0 Å². The number of fused-ring (bicyclic) bond motifs is 1. The summed E-state index contributed by atoms with van der Waals surface area (Å²) in [6, 6.07) is 7.87. The van der Waals surface area contributed by atoms with Gasteiger partial charge >= 0.3 is 24.2 Å². The van der Waals surface area contributed by atoms with E-state index in [2.05, 4.69) is 25.3 Å². The molecule has 4 aromatic rings. The van der Waals surface area contributed by atoms with E-state index >= 15 is 0 Å². The number of urea groups is 1. The van der Waals surface area contributed by atoms with Crippen molar-refractivity contribution in [3.63, 3.8) is 0 Å². The Hall–Kier alpha value is -5.08. The Balaban J connectivity index is 1.43. The number of ether oxygens (including phenoxy) is 2. The van der Waals surface area contributed by atoms with E-state index in [1.807, 2.05) is 5.32 Å². The number of aromatic amines is 1. The first-order chi connectivity index (χ1) is 17.5. The number of aromatic nitrogens is 3. The minimum atomic E-state index is -4.72. The number of hydrogen-bond donors (Lipinski definition) is 5. The van der Waals surface area contributed by atoms with Gasteiger partial charge in [-0.05, 0) is 36.4 Å². The molecule has 0 radical (unpaired) electrons. The predicted octanol–water partition coefficient (Wildman–Crippen LogP) is 4.86. The number of imidazole rings is 1. The van der Waals surface area contributed by atoms with Crippen LogP contribution in [-0.4, -0.2) is 34.4 Å². The first-order valence-corrected chi connectivity index (χ1v) is 10.2. The molecule has 0 aliphatic heterocycles. The topological polar surface area (TPSA) is 141 Å². The summed E-state index contributed by atoms with van der Waals surface area (Å²) in [5.74, 6) is -0.704. The van der Waals surface area contributed by atoms with Gasteiger partial charge in [0.05, 0.1) is 35.5 Å². The Bertz CT molecular complexity index is 1490. The lowest BCUT2D eigenvalue weighted by atomic mass is 10.2. The highest BCUT2D eigenvalue weighted by atomic mass is 19.4. The van der Waals surface area contributed by atoms with Crippen LogP contribution in [0, 0.1) is 5.82 Å². The average Bonchev–Trinajstić information content (AvgIpc) is 3.22. The molecule has 4 rings (SSSR count). The Morgan fingerprint density at radius 1 is 1.05 bits per heavy atom. The number of hydrogen-bond acceptors (Lipinski definition) is 6. The molecule has 0 fully saturated rings. The minimum Gasteiger partial charge on any atom is -0.453 e. The third kappa shape index (κ3) is 5.95. The molecule has 2 aromatic carbocycles. The zero-order chi connectivity index (χ0) is 26.7. The number of nitrogens with zero attached hydrogens (tertiary/aromatic N) is 2. The fourth-order valence-corrected chi connectivity index (χ4v) is 3.09. The number of alkyl halides is 3. The number of carbonyl (C=O) groups is 2. The Morgan fingerprint density at radius 2 is 1.84 bits per heavy atom. The maximum Gasteiger partial charge on any atom is 0.422 e. The Morgan fingerprint density at radius 3 is 2.54 bits per heavy atom. The average molecular weight is 521 g/mol. The molecular formula is C22H17F4N6O5+. The molecule has 0 spiro atoms. The van der Waals surface area contributed by atoms with Gasteiger partial charge in [-0.25, -0.2) is 19.0 Å². The molecule has 5 N–H and O–H groups in total. The summed E-state index contributed by atoms with van der Waals surface area (Å²) in [7, 11) is 1.21. The van der Waals surface area contributed by atoms with Gasteiger partial charge in [-0.15, -0.1) is 0 Å². The Kier molecular flexibility index (Phi) is 6.69. The van der Waals surface area contributed by atoms with Crippen LogP contribution < -0.4 is 25.4 Å². The van der Waals surface area contributed by atoms with Crippen LogP contribution in [0.5, 0.6) is 11.6 Å². The SMILES string of the molecule is COC(=O)Nc1nc2ccc(Oc3ccc(NC(=O)Nc4cc(C(F)(F)F)ccc4F)c[n+]3O)cc2[nH]1. The zero-order valence-corrected chi connectivity index (χ0v) is 18.7. The molecule has 0 atom stereocenters. The van der Waals surface area contributed by atoms with Crippen LogP contribution in [0.1, 0.15) is 5.56 Å². The van der Waals surface area contributed by atoms with Crippen LogP contribution in [0.25, 0.3) is 11.0 Å². The molecular weight excluding hydrogens is 504 g/mol. The monoisotopic (exact) mass is 521 g/mol. The zero-order valence-electron chi connectivity index (χ0n) is 18.7. The number of nitrogens with one attached hydrogen (secondary N) is 4. The maximum absolute atomic E-state index is 13.9. The Labute approximate surface area is 204 Å². The third-order valence-corrected chi connectivity index (χ3v) is 4.77. The largest absolute Gasteiger partial charge is 0.453 e. The number of rotatable bonds is 5. The highest BCUT2D eigenvalue weighted by Crippen LogP contribution is 2.32. The molecule has 15 heteroatoms. The highest BCUT2D eigenvalue weighted by molar-refractivity contribution is 5.99. The van der Waals surface area contributed by atoms with Gasteiger partial charge in [-0.1, -0.05) is 0 Å². The van der Waals surface area contributed by atoms with Crippen molar-refractivity contribution in [3.05, 3.63) is 66.1 Å². The van der Waals surface area contributed by atoms with E-state index < -0.39 is 35.4 Å². The second-order valence-corrected chi connectivity index (χ2v) is 7.36. The predicted molar refractivity (Wildman–Crippen MR) is 120 cm³/mol. The lowest BCUT2D eigenvalue weighted by Crippen LogP contribution is -2.32. The summed E-state index contributed by atoms with van der Waals surface area (Å²) in [6.07, 6.45) is -4.38. The molecule has 0 saturated carbocycles. The fraction of sp³-hybridized carbons (Fsp3) is 0.0909. The van der Waals surface area contributed by atoms with E-state index in [1.165, 1.54) is 19.2 Å². The number of H-pyrrole nitrogens is 1. The second-order valence-electron chi connectivity index (χ2n) is 7.36. The fourth-order valence-electron chi connectivity index (χ4n) is 3.09. The van der Waals surface area contributed by atoms with Crippen molar-refractivity contribution in [2.45, 2.75) is 6.18 Å². The highest BCUT2D eigenvalue weighted by Gasteiger charge is 2.31. The van der Waals surface area contributed by atoms with Crippen LogP contribution in [-0.2, 0) is 10.9 Å². The van der Waals surface area contributed by atoms with E-state index in [9.17, 15) is 32.4 Å². The molecule has 0 saturated heterocycles. The molecule has 0 aliphatic rings. The number of halogens is 4. The number of benzene rings is 2. The minimum absolute atomic E-state index is 0.0160. The molecule has 3 amide bonds. The van der Waals surface area contributed by atoms with E-state index in [0.717, 1.165) is 6.20 Å². The van der Waals surface area contributed by atoms with Crippen LogP contribution in [0.2, 0.25) is 0 Å². The van der Waals surface area contributed by atoms with Gasteiger partial charge in [0.1, 0.15) is 17.3 Å². The van der Waals surface area contributed by atoms with Crippen LogP contribution in [0.4, 0.5) is 44.5 Å². The number of amides is 3. The summed E-state index contributed by atoms with van der Waals surface area (Å²) in [5.41, 5.74) is -0.780. The lowest BCUT2D eigenvalue weighted by molar-refractivity contribution is -0.905. The maximum atomic E-state index is 13.9. The van der Waals surface area contributed by atoms with Gasteiger partial charge in [0.2, 0.25) is 12.1 Å². The van der Waals surface area contributed by atoms with Crippen molar-refractivity contribution in [3.8, 4) is 11.6 Å². The van der Waals surface area contributed by atoms with E-state index in [0.29, 0.717) is 34.0 Å². The number of anilines is 3. The summed E-state index contributed by atoms with van der Waals surface area (Å²) < 4.78 is 63.0. The molecule has 192 valence electrons. The van der Waals surface area contributed by atoms with Crippen molar-refractivity contribution in [2.24, 2.45) is 0 Å². The molecule has 2 aromatic heterocycles. The molecule has 2 heterocycles. The molecule has 0 bridgehead atoms. The number of carbonyl (C=O) groups excluding carboxylic acids is 2. The van der Waals surface area contributed by atoms with Gasteiger partial charge in [-0.3, -0.25) is 10.5 Å². The van der Waals surface area contributed by atoms with Crippen molar-refractivity contribution in [1.29, 1.82) is 0 Å². The molecule has 37 heavy (non-hydrogen) atoms. The van der Waals surface area contributed by atoms with Gasteiger partial charge < -0.3 is 25.1 Å². The summed E-state index contributed by atoms with van der Waals surface area (Å²) in [5, 5.41) is 16.9. The second kappa shape index (κ2) is 9.88. The summed E-state index contributed by atoms with van der Waals surface area (Å²) >= 11 is 0. The van der Waals surface area contributed by atoms with Crippen LogP contribution in [0.15, 0.2) is 54.7 Å². The number of pyridine rings is 1. The van der Waals surface area contributed by atoms with Crippen molar-refractivity contribution in [1.82, 2.24) is 9.97 Å². The summed E-state index contributed by atoms with van der Waals surface area (Å²) in [6.45, 7) is 0. The van der Waals surface area contributed by atoms with Gasteiger partial charge in [0, 0.05) is 10.8 Å². The normalized spacial score (nSPS) is 11.2. The van der Waals surface area contributed by atoms with Crippen LogP contribution >= 0.6 is 0 Å². The van der Waals surface area contributed by atoms with Gasteiger partial charge in [0.25, 0.3) is 0 Å². The smallest absolute Gasteiger partial charge is 0.422 e. The lowest BCUT2D eigenvalue weighted by Gasteiger charge is -2.11. The first kappa shape index (κ1) is 25.0. The third-order valence-electron chi connectivity index (χ3n) is 4.77. The van der Waals surface area contributed by atoms with Crippen molar-refractivity contribution < 1.29 is 46.6 Å². The van der Waals surface area contributed by atoms with E-state index in [4.69, 9.17) is 4.74 Å². The van der Waals surface area contributed by atoms with Gasteiger partial charge in [0.15, 0.2) is 0 Å². The standard InChI is InChI=1S/C22H16F4N6O5/c1-36-21(34)31-19-28-15-6-4-13(9-17(15)29-19)37-18-7-3-12(10-32(18)35)27-20(33)30-16-8-11(22(24,25)26)2-5-14(16)23/h2-10H,1H3,(H4-,27,28,29,30,31,33,34,35)/p+1. The number of methoxy groups -OCH3 is 1. The molecule has 11 nitrogen and oxygen atoms in total. The van der Waals surface area contributed by atoms with Crippen molar-refractivity contribution in [2.75, 3.05) is 23.1 Å². The quantitative estimate of drug-likeness (QED) is 0.144. The van der Waals surface area contributed by atoms with Crippen molar-refractivity contribution >= 4 is 40.5 Å². The van der Waals surface area contributed by atoms with Gasteiger partial charge in [-0.2, -0.15) is 13.2 Å². The summed E-state index contributed by atoms with van der Waals surface area (Å²) in [4.78, 5) is 30.5. The molecule has 0 unspecified atom stereocenters. The first-order valence-electron chi connectivity index (χ1n) is 10.2. The molecule has 0 aliphatic carbocycles.